The lowest BCUT2D eigenvalue weighted by Gasteiger charge is -2.15. The molecule has 0 spiro atoms. The van der Waals surface area contributed by atoms with E-state index in [4.69, 9.17) is 4.74 Å². The van der Waals surface area contributed by atoms with Gasteiger partial charge in [-0.15, -0.1) is 0 Å². The van der Waals surface area contributed by atoms with E-state index >= 15 is 0 Å². The van der Waals surface area contributed by atoms with Crippen molar-refractivity contribution >= 4 is 15.9 Å². The largest absolute Gasteiger partial charge is 0.491 e. The van der Waals surface area contributed by atoms with Crippen LogP contribution in [0, 0.1) is 0 Å². The number of hydrogen-bond donors (Lipinski definition) is 1. The molecule has 2 aromatic rings. The molecule has 0 heterocycles. The van der Waals surface area contributed by atoms with Gasteiger partial charge in [0.1, 0.15) is 11.9 Å². The molecular formula is C16H17BrO2. The molecule has 2 rings (SSSR count). The van der Waals surface area contributed by atoms with E-state index in [2.05, 4.69) is 15.9 Å². The Morgan fingerprint density at radius 2 is 1.79 bits per heavy atom. The van der Waals surface area contributed by atoms with Crippen LogP contribution in [0.5, 0.6) is 5.75 Å². The van der Waals surface area contributed by atoms with Gasteiger partial charge in [0.25, 0.3) is 0 Å². The molecule has 2 aromatic carbocycles. The van der Waals surface area contributed by atoms with Gasteiger partial charge in [-0.2, -0.15) is 0 Å². The summed E-state index contributed by atoms with van der Waals surface area (Å²) in [6.45, 7) is 3.97. The molecule has 0 aromatic heterocycles. The average Bonchev–Trinajstić information content (AvgIpc) is 2.38. The predicted octanol–water partition coefficient (Wildman–Crippen LogP) is 4.32. The molecule has 1 atom stereocenters. The minimum atomic E-state index is -0.661. The molecule has 2 nitrogen and oxygen atoms in total. The lowest BCUT2D eigenvalue weighted by molar-refractivity contribution is 0.216. The topological polar surface area (TPSA) is 29.5 Å². The van der Waals surface area contributed by atoms with Crippen LogP contribution in [-0.4, -0.2) is 11.2 Å². The van der Waals surface area contributed by atoms with Crippen LogP contribution >= 0.6 is 15.9 Å². The lowest BCUT2D eigenvalue weighted by atomic mass is 10.0. The molecule has 100 valence electrons. The monoisotopic (exact) mass is 320 g/mol. The van der Waals surface area contributed by atoms with Gasteiger partial charge in [-0.1, -0.05) is 46.3 Å². The Morgan fingerprint density at radius 3 is 2.47 bits per heavy atom. The van der Waals surface area contributed by atoms with E-state index in [0.29, 0.717) is 0 Å². The maximum absolute atomic E-state index is 10.4. The summed E-state index contributed by atoms with van der Waals surface area (Å²) in [6, 6.07) is 15.2. The van der Waals surface area contributed by atoms with Gasteiger partial charge in [0.15, 0.2) is 0 Å². The molecule has 1 N–H and O–H groups in total. The first-order chi connectivity index (χ1) is 9.08. The molecule has 0 unspecified atom stereocenters. The van der Waals surface area contributed by atoms with Crippen LogP contribution in [0.25, 0.3) is 0 Å². The molecular weight excluding hydrogens is 304 g/mol. The minimum Gasteiger partial charge on any atom is -0.491 e. The van der Waals surface area contributed by atoms with Crippen molar-refractivity contribution in [3.05, 3.63) is 64.1 Å². The number of hydrogen-bond acceptors (Lipinski definition) is 2. The molecule has 0 fully saturated rings. The Balaban J connectivity index is 2.29. The Bertz CT molecular complexity index is 552. The average molecular weight is 321 g/mol. The number of halogens is 1. The zero-order chi connectivity index (χ0) is 13.8. The highest BCUT2D eigenvalue weighted by molar-refractivity contribution is 9.10. The van der Waals surface area contributed by atoms with Gasteiger partial charge in [-0.3, -0.25) is 0 Å². The van der Waals surface area contributed by atoms with E-state index in [-0.39, 0.29) is 6.10 Å². The van der Waals surface area contributed by atoms with E-state index in [1.807, 2.05) is 62.4 Å². The van der Waals surface area contributed by atoms with Crippen LogP contribution in [0.2, 0.25) is 0 Å². The van der Waals surface area contributed by atoms with Gasteiger partial charge >= 0.3 is 0 Å². The van der Waals surface area contributed by atoms with E-state index in [9.17, 15) is 5.11 Å². The highest BCUT2D eigenvalue weighted by atomic mass is 79.9. The highest BCUT2D eigenvalue weighted by Gasteiger charge is 2.13. The first kappa shape index (κ1) is 14.1. The number of ether oxygens (including phenoxy) is 1. The number of benzene rings is 2. The Morgan fingerprint density at radius 1 is 1.05 bits per heavy atom. The van der Waals surface area contributed by atoms with E-state index in [1.165, 1.54) is 0 Å². The van der Waals surface area contributed by atoms with Gasteiger partial charge in [0.05, 0.1) is 6.10 Å². The zero-order valence-electron chi connectivity index (χ0n) is 11.0. The molecule has 0 aliphatic carbocycles. The van der Waals surface area contributed by atoms with Crippen LogP contribution < -0.4 is 4.74 Å². The van der Waals surface area contributed by atoms with Gasteiger partial charge in [-0.25, -0.2) is 0 Å². The lowest BCUT2D eigenvalue weighted by Crippen LogP contribution is -2.06. The summed E-state index contributed by atoms with van der Waals surface area (Å²) in [5.41, 5.74) is 1.68. The van der Waals surface area contributed by atoms with Crippen LogP contribution in [0.1, 0.15) is 31.1 Å². The predicted molar refractivity (Wildman–Crippen MR) is 80.4 cm³/mol. The Labute approximate surface area is 122 Å². The van der Waals surface area contributed by atoms with Gasteiger partial charge in [-0.05, 0) is 43.2 Å². The summed E-state index contributed by atoms with van der Waals surface area (Å²) in [6.07, 6.45) is -0.540. The smallest absolute Gasteiger partial charge is 0.120 e. The third-order valence-corrected chi connectivity index (χ3v) is 3.47. The second kappa shape index (κ2) is 6.22. The molecule has 0 amide bonds. The SMILES string of the molecule is CC(C)Oc1cccc([C@H](O)c2ccccc2Br)c1. The maximum atomic E-state index is 10.4. The van der Waals surface area contributed by atoms with Gasteiger partial charge in [0.2, 0.25) is 0 Å². The van der Waals surface area contributed by atoms with Crippen molar-refractivity contribution in [3.8, 4) is 5.75 Å². The quantitative estimate of drug-likeness (QED) is 0.909. The summed E-state index contributed by atoms with van der Waals surface area (Å²) in [7, 11) is 0. The Kier molecular flexibility index (Phi) is 4.61. The van der Waals surface area contributed by atoms with Crippen molar-refractivity contribution in [1.29, 1.82) is 0 Å². The fourth-order valence-corrected chi connectivity index (χ4v) is 2.41. The first-order valence-corrected chi connectivity index (χ1v) is 7.06. The summed E-state index contributed by atoms with van der Waals surface area (Å²) < 4.78 is 6.55. The van der Waals surface area contributed by atoms with E-state index < -0.39 is 6.10 Å². The molecule has 0 bridgehead atoms. The maximum Gasteiger partial charge on any atom is 0.120 e. The second-order valence-corrected chi connectivity index (χ2v) is 5.52. The highest BCUT2D eigenvalue weighted by Crippen LogP contribution is 2.30. The molecule has 19 heavy (non-hydrogen) atoms. The van der Waals surface area contributed by atoms with Gasteiger partial charge in [0, 0.05) is 4.47 Å². The van der Waals surface area contributed by atoms with Crippen molar-refractivity contribution in [2.45, 2.75) is 26.1 Å². The summed E-state index contributed by atoms with van der Waals surface area (Å²) >= 11 is 3.46. The Hall–Kier alpha value is -1.32. The molecule has 0 saturated heterocycles. The standard InChI is InChI=1S/C16H17BrO2/c1-11(2)19-13-7-5-6-12(10-13)16(18)14-8-3-4-9-15(14)17/h3-11,16,18H,1-2H3/t16-/m0/s1. The van der Waals surface area contributed by atoms with E-state index in [1.54, 1.807) is 0 Å². The number of aliphatic hydroxyl groups is 1. The summed E-state index contributed by atoms with van der Waals surface area (Å²) in [5.74, 6) is 0.776. The summed E-state index contributed by atoms with van der Waals surface area (Å²) in [4.78, 5) is 0. The fourth-order valence-electron chi connectivity index (χ4n) is 1.91. The van der Waals surface area contributed by atoms with Crippen LogP contribution in [0.3, 0.4) is 0 Å². The van der Waals surface area contributed by atoms with Crippen molar-refractivity contribution in [2.24, 2.45) is 0 Å². The van der Waals surface area contributed by atoms with Crippen molar-refractivity contribution < 1.29 is 9.84 Å². The van der Waals surface area contributed by atoms with E-state index in [0.717, 1.165) is 21.3 Å². The third kappa shape index (κ3) is 3.58. The van der Waals surface area contributed by atoms with Crippen LogP contribution in [-0.2, 0) is 0 Å². The number of aliphatic hydroxyl groups excluding tert-OH is 1. The van der Waals surface area contributed by atoms with Crippen molar-refractivity contribution in [1.82, 2.24) is 0 Å². The van der Waals surface area contributed by atoms with Crippen molar-refractivity contribution in [2.75, 3.05) is 0 Å². The molecule has 3 heteroatoms. The normalized spacial score (nSPS) is 12.5. The van der Waals surface area contributed by atoms with Gasteiger partial charge < -0.3 is 9.84 Å². The zero-order valence-corrected chi connectivity index (χ0v) is 12.6. The second-order valence-electron chi connectivity index (χ2n) is 4.66. The van der Waals surface area contributed by atoms with Crippen LogP contribution in [0.15, 0.2) is 53.0 Å². The molecule has 0 aliphatic heterocycles. The minimum absolute atomic E-state index is 0.121. The number of rotatable bonds is 4. The van der Waals surface area contributed by atoms with Crippen LogP contribution in [0.4, 0.5) is 0 Å². The third-order valence-electron chi connectivity index (χ3n) is 2.75. The summed E-state index contributed by atoms with van der Waals surface area (Å²) in [5, 5.41) is 10.4. The van der Waals surface area contributed by atoms with Crippen molar-refractivity contribution in [3.63, 3.8) is 0 Å². The first-order valence-electron chi connectivity index (χ1n) is 6.27. The molecule has 0 saturated carbocycles. The fraction of sp³-hybridized carbons (Fsp3) is 0.250. The molecule has 0 radical (unpaired) electrons. The molecule has 0 aliphatic rings.